The minimum atomic E-state index is -0.300. The lowest BCUT2D eigenvalue weighted by molar-refractivity contribution is -0.534. The minimum absolute atomic E-state index is 0.0278. The maximum atomic E-state index is 11.5. The van der Waals surface area contributed by atoms with E-state index in [2.05, 4.69) is 20.8 Å². The summed E-state index contributed by atoms with van der Waals surface area (Å²) in [7, 11) is 0. The van der Waals surface area contributed by atoms with Crippen LogP contribution in [-0.4, -0.2) is 11.0 Å². The Morgan fingerprint density at radius 2 is 1.00 bits per heavy atom. The molecule has 0 amide bonds. The van der Waals surface area contributed by atoms with Gasteiger partial charge in [-0.25, -0.2) is 0 Å². The SMILES string of the molecule is CCCCCCCCCCCC(CCCCC)C(CCCC)[N+](=O)[O-]. The van der Waals surface area contributed by atoms with Gasteiger partial charge in [-0.05, 0) is 19.3 Å². The van der Waals surface area contributed by atoms with Gasteiger partial charge in [0.15, 0.2) is 0 Å². The molecule has 0 bridgehead atoms. The van der Waals surface area contributed by atoms with Gasteiger partial charge >= 0.3 is 0 Å². The van der Waals surface area contributed by atoms with Crippen LogP contribution in [0.2, 0.25) is 0 Å². The van der Waals surface area contributed by atoms with Crippen molar-refractivity contribution in [2.24, 2.45) is 5.92 Å². The van der Waals surface area contributed by atoms with Crippen molar-refractivity contribution in [1.82, 2.24) is 0 Å². The molecule has 0 aliphatic carbocycles. The van der Waals surface area contributed by atoms with Gasteiger partial charge in [-0.15, -0.1) is 0 Å². The number of nitro groups is 1. The average molecular weight is 356 g/mol. The Hall–Kier alpha value is -0.600. The molecule has 150 valence electrons. The van der Waals surface area contributed by atoms with Crippen molar-refractivity contribution in [3.8, 4) is 0 Å². The molecule has 0 rings (SSSR count). The predicted molar refractivity (Wildman–Crippen MR) is 110 cm³/mol. The fourth-order valence-corrected chi connectivity index (χ4v) is 3.83. The van der Waals surface area contributed by atoms with Crippen LogP contribution < -0.4 is 0 Å². The molecular formula is C22H45NO2. The highest BCUT2D eigenvalue weighted by molar-refractivity contribution is 4.71. The van der Waals surface area contributed by atoms with Crippen LogP contribution >= 0.6 is 0 Å². The van der Waals surface area contributed by atoms with Gasteiger partial charge in [0.2, 0.25) is 6.04 Å². The molecule has 0 saturated heterocycles. The van der Waals surface area contributed by atoms with Gasteiger partial charge in [0, 0.05) is 17.3 Å². The normalized spacial score (nSPS) is 13.7. The summed E-state index contributed by atoms with van der Waals surface area (Å²) in [6, 6.07) is -0.300. The van der Waals surface area contributed by atoms with Gasteiger partial charge in [-0.3, -0.25) is 10.1 Å². The first-order chi connectivity index (χ1) is 12.2. The van der Waals surface area contributed by atoms with Crippen LogP contribution in [0.3, 0.4) is 0 Å². The van der Waals surface area contributed by atoms with Crippen molar-refractivity contribution in [1.29, 1.82) is 0 Å². The van der Waals surface area contributed by atoms with E-state index in [0.29, 0.717) is 5.92 Å². The number of hydrogen-bond donors (Lipinski definition) is 0. The monoisotopic (exact) mass is 355 g/mol. The van der Waals surface area contributed by atoms with E-state index < -0.39 is 0 Å². The summed E-state index contributed by atoms with van der Waals surface area (Å²) >= 11 is 0. The van der Waals surface area contributed by atoms with Gasteiger partial charge < -0.3 is 0 Å². The van der Waals surface area contributed by atoms with Crippen molar-refractivity contribution in [3.63, 3.8) is 0 Å². The molecule has 0 fully saturated rings. The summed E-state index contributed by atoms with van der Waals surface area (Å²) in [4.78, 5) is 11.6. The van der Waals surface area contributed by atoms with E-state index in [4.69, 9.17) is 0 Å². The van der Waals surface area contributed by atoms with Crippen molar-refractivity contribution in [2.45, 2.75) is 136 Å². The largest absolute Gasteiger partial charge is 0.264 e. The molecule has 0 heterocycles. The molecule has 3 heteroatoms. The molecule has 0 aromatic rings. The molecule has 0 aliphatic rings. The van der Waals surface area contributed by atoms with Crippen molar-refractivity contribution in [3.05, 3.63) is 10.1 Å². The second kappa shape index (κ2) is 18.2. The molecule has 0 aromatic carbocycles. The molecule has 25 heavy (non-hydrogen) atoms. The zero-order valence-corrected chi connectivity index (χ0v) is 17.4. The van der Waals surface area contributed by atoms with Crippen LogP contribution in [0, 0.1) is 16.0 Å². The molecule has 0 spiro atoms. The first-order valence-electron chi connectivity index (χ1n) is 11.3. The number of nitrogens with zero attached hydrogens (tertiary/aromatic N) is 1. The standard InChI is InChI=1S/C22H45NO2/c1-4-7-10-11-12-13-14-15-17-19-21(18-16-8-5-2)22(23(24)25)20-9-6-3/h21-22H,4-20H2,1-3H3. The minimum Gasteiger partial charge on any atom is -0.264 e. The Morgan fingerprint density at radius 1 is 0.600 bits per heavy atom. The summed E-state index contributed by atoms with van der Waals surface area (Å²) in [6.45, 7) is 6.59. The molecule has 0 N–H and O–H groups in total. The fraction of sp³-hybridized carbons (Fsp3) is 1.00. The third-order valence-electron chi connectivity index (χ3n) is 5.53. The number of rotatable bonds is 19. The zero-order chi connectivity index (χ0) is 18.8. The Kier molecular flexibility index (Phi) is 17.8. The Morgan fingerprint density at radius 3 is 1.48 bits per heavy atom. The molecule has 3 nitrogen and oxygen atoms in total. The molecule has 0 saturated carbocycles. The summed E-state index contributed by atoms with van der Waals surface area (Å²) in [5, 5.41) is 11.5. The van der Waals surface area contributed by atoms with Gasteiger partial charge in [0.1, 0.15) is 0 Å². The quantitative estimate of drug-likeness (QED) is 0.134. The maximum Gasteiger partial charge on any atom is 0.215 e. The second-order valence-electron chi connectivity index (χ2n) is 7.87. The van der Waals surface area contributed by atoms with Crippen LogP contribution in [0.5, 0.6) is 0 Å². The maximum absolute atomic E-state index is 11.5. The highest BCUT2D eigenvalue weighted by Crippen LogP contribution is 2.26. The van der Waals surface area contributed by atoms with Crippen molar-refractivity contribution >= 4 is 0 Å². The Bertz CT molecular complexity index is 294. The van der Waals surface area contributed by atoms with Gasteiger partial charge in [-0.1, -0.05) is 104 Å². The van der Waals surface area contributed by atoms with E-state index in [1.165, 1.54) is 70.6 Å². The smallest absolute Gasteiger partial charge is 0.215 e. The average Bonchev–Trinajstić information content (AvgIpc) is 2.59. The number of unbranched alkanes of at least 4 members (excludes halogenated alkanes) is 11. The summed E-state index contributed by atoms with van der Waals surface area (Å²) < 4.78 is 0. The van der Waals surface area contributed by atoms with E-state index in [1.54, 1.807) is 0 Å². The van der Waals surface area contributed by atoms with Crippen molar-refractivity contribution < 1.29 is 4.92 Å². The van der Waals surface area contributed by atoms with Crippen LogP contribution in [-0.2, 0) is 0 Å². The highest BCUT2D eigenvalue weighted by atomic mass is 16.6. The van der Waals surface area contributed by atoms with Crippen LogP contribution in [0.25, 0.3) is 0 Å². The molecular weight excluding hydrogens is 310 g/mol. The van der Waals surface area contributed by atoms with E-state index in [0.717, 1.165) is 38.5 Å². The van der Waals surface area contributed by atoms with Crippen LogP contribution in [0.1, 0.15) is 130 Å². The van der Waals surface area contributed by atoms with Gasteiger partial charge in [0.05, 0.1) is 0 Å². The van der Waals surface area contributed by atoms with E-state index in [1.807, 2.05) is 0 Å². The summed E-state index contributed by atoms with van der Waals surface area (Å²) in [6.07, 6.45) is 20.5. The lowest BCUT2D eigenvalue weighted by atomic mass is 9.86. The lowest BCUT2D eigenvalue weighted by Gasteiger charge is -2.21. The molecule has 0 aliphatic heterocycles. The number of hydrogen-bond acceptors (Lipinski definition) is 2. The molecule has 2 atom stereocenters. The zero-order valence-electron chi connectivity index (χ0n) is 17.4. The predicted octanol–water partition coefficient (Wildman–Crippen LogP) is 7.94. The molecule has 2 unspecified atom stereocenters. The molecule has 0 aromatic heterocycles. The topological polar surface area (TPSA) is 43.1 Å². The third kappa shape index (κ3) is 14.3. The van der Waals surface area contributed by atoms with Gasteiger partial charge in [0.25, 0.3) is 0 Å². The van der Waals surface area contributed by atoms with Crippen LogP contribution in [0.4, 0.5) is 0 Å². The fourth-order valence-electron chi connectivity index (χ4n) is 3.83. The van der Waals surface area contributed by atoms with Crippen molar-refractivity contribution in [2.75, 3.05) is 0 Å². The van der Waals surface area contributed by atoms with E-state index in [9.17, 15) is 10.1 Å². The van der Waals surface area contributed by atoms with Gasteiger partial charge in [-0.2, -0.15) is 0 Å². The van der Waals surface area contributed by atoms with E-state index >= 15 is 0 Å². The summed E-state index contributed by atoms with van der Waals surface area (Å²) in [5.41, 5.74) is 0. The third-order valence-corrected chi connectivity index (χ3v) is 5.53. The Labute approximate surface area is 157 Å². The lowest BCUT2D eigenvalue weighted by Crippen LogP contribution is -2.29. The second-order valence-corrected chi connectivity index (χ2v) is 7.87. The molecule has 0 radical (unpaired) electrons. The first kappa shape index (κ1) is 24.4. The first-order valence-corrected chi connectivity index (χ1v) is 11.3. The van der Waals surface area contributed by atoms with E-state index in [-0.39, 0.29) is 11.0 Å². The highest BCUT2D eigenvalue weighted by Gasteiger charge is 2.29. The Balaban J connectivity index is 4.09. The summed E-state index contributed by atoms with van der Waals surface area (Å²) in [5.74, 6) is 0.303. The van der Waals surface area contributed by atoms with Crippen LogP contribution in [0.15, 0.2) is 0 Å².